The maximum atomic E-state index is 14.1. The Balaban J connectivity index is 0.00000294. The Hall–Kier alpha value is -2.26. The van der Waals surface area contributed by atoms with Gasteiger partial charge in [-0.2, -0.15) is 0 Å². The predicted molar refractivity (Wildman–Crippen MR) is 178 cm³/mol. The Morgan fingerprint density at radius 1 is 1.07 bits per heavy atom. The quantitative estimate of drug-likeness (QED) is 0.163. The Morgan fingerprint density at radius 3 is 2.48 bits per heavy atom. The summed E-state index contributed by atoms with van der Waals surface area (Å²) in [4.78, 5) is 21.0. The SMILES string of the molecule is C.C/C=C(\C(=O)c1cc2cc3c(nc2s1)CC[C@H](C(C)(C)C)C3)C(CCC(CCC)CCCC)c1ccccc1.[HH]. The number of carbonyl (C=O) groups excluding carboxylic acids is 1. The number of allylic oxidation sites excluding steroid dienone is 2. The summed E-state index contributed by atoms with van der Waals surface area (Å²) in [5.41, 5.74) is 5.13. The molecule has 2 aromatic heterocycles. The molecule has 3 atom stereocenters. The minimum Gasteiger partial charge on any atom is -0.288 e. The second-order valence-electron chi connectivity index (χ2n) is 12.8. The van der Waals surface area contributed by atoms with Crippen molar-refractivity contribution in [3.8, 4) is 0 Å². The number of pyridine rings is 1. The Bertz CT molecular complexity index is 1270. The van der Waals surface area contributed by atoms with Crippen molar-refractivity contribution in [3.05, 3.63) is 75.8 Å². The molecule has 0 saturated heterocycles. The molecule has 0 spiro atoms. The molecule has 0 bridgehead atoms. The van der Waals surface area contributed by atoms with Crippen LogP contribution >= 0.6 is 11.3 Å². The molecule has 3 aromatic rings. The second-order valence-corrected chi connectivity index (χ2v) is 13.8. The van der Waals surface area contributed by atoms with E-state index in [1.54, 1.807) is 11.3 Å². The van der Waals surface area contributed by atoms with Gasteiger partial charge in [0.15, 0.2) is 5.78 Å². The molecule has 0 N–H and O–H groups in total. The highest BCUT2D eigenvalue weighted by Gasteiger charge is 2.30. The van der Waals surface area contributed by atoms with Crippen molar-refractivity contribution in [2.45, 2.75) is 119 Å². The monoisotopic (exact) mass is 561 g/mol. The first kappa shape index (κ1) is 32.3. The maximum absolute atomic E-state index is 14.1. The lowest BCUT2D eigenvalue weighted by molar-refractivity contribution is 0.103. The van der Waals surface area contributed by atoms with Gasteiger partial charge in [0.1, 0.15) is 4.83 Å². The van der Waals surface area contributed by atoms with Crippen molar-refractivity contribution in [2.24, 2.45) is 17.3 Å². The van der Waals surface area contributed by atoms with Gasteiger partial charge in [0.05, 0.1) is 4.88 Å². The average molecular weight is 562 g/mol. The molecule has 4 rings (SSSR count). The number of fused-ring (bicyclic) bond motifs is 2. The van der Waals surface area contributed by atoms with Gasteiger partial charge in [0.25, 0.3) is 0 Å². The molecular formula is C37H55NOS. The van der Waals surface area contributed by atoms with Crippen LogP contribution in [0.4, 0.5) is 0 Å². The third-order valence-corrected chi connectivity index (χ3v) is 10.0. The molecule has 2 nitrogen and oxygen atoms in total. The fraction of sp³-hybridized carbons (Fsp3) is 0.568. The fourth-order valence-corrected chi connectivity index (χ4v) is 7.53. The summed E-state index contributed by atoms with van der Waals surface area (Å²) >= 11 is 1.58. The van der Waals surface area contributed by atoms with Gasteiger partial charge in [-0.15, -0.1) is 11.3 Å². The summed E-state index contributed by atoms with van der Waals surface area (Å²) in [5.74, 6) is 1.73. The van der Waals surface area contributed by atoms with Crippen LogP contribution in [-0.2, 0) is 12.8 Å². The highest BCUT2D eigenvalue weighted by atomic mass is 32.1. The molecule has 2 heterocycles. The number of benzene rings is 1. The van der Waals surface area contributed by atoms with Crippen LogP contribution in [0.2, 0.25) is 0 Å². The van der Waals surface area contributed by atoms with E-state index in [-0.39, 0.29) is 20.6 Å². The zero-order chi connectivity index (χ0) is 28.0. The first-order valence-electron chi connectivity index (χ1n) is 15.4. The number of ketones is 1. The van der Waals surface area contributed by atoms with Crippen molar-refractivity contribution >= 4 is 27.3 Å². The van der Waals surface area contributed by atoms with Crippen molar-refractivity contribution < 1.29 is 6.22 Å². The van der Waals surface area contributed by atoms with E-state index in [4.69, 9.17) is 4.98 Å². The first-order valence-corrected chi connectivity index (χ1v) is 16.2. The van der Waals surface area contributed by atoms with Crippen LogP contribution in [0.5, 0.6) is 0 Å². The fourth-order valence-electron chi connectivity index (χ4n) is 6.53. The number of thiophene rings is 1. The van der Waals surface area contributed by atoms with Crippen LogP contribution in [0.3, 0.4) is 0 Å². The van der Waals surface area contributed by atoms with Crippen molar-refractivity contribution in [2.75, 3.05) is 0 Å². The summed E-state index contributed by atoms with van der Waals surface area (Å²) in [5, 5.41) is 1.13. The lowest BCUT2D eigenvalue weighted by Gasteiger charge is -2.34. The number of rotatable bonds is 12. The Kier molecular flexibility index (Phi) is 11.8. The minimum atomic E-state index is 0. The Labute approximate surface area is 250 Å². The molecule has 1 aromatic carbocycles. The van der Waals surface area contributed by atoms with Gasteiger partial charge in [-0.25, -0.2) is 4.98 Å². The number of carbonyl (C=O) groups is 1. The second kappa shape index (κ2) is 14.6. The largest absolute Gasteiger partial charge is 0.288 e. The molecule has 0 saturated carbocycles. The first-order chi connectivity index (χ1) is 18.7. The van der Waals surface area contributed by atoms with Crippen LogP contribution in [0.1, 0.15) is 134 Å². The number of Topliss-reactive ketones (excluding diaryl/α,β-unsaturated/α-hetero) is 1. The highest BCUT2D eigenvalue weighted by molar-refractivity contribution is 7.20. The summed E-state index contributed by atoms with van der Waals surface area (Å²) < 4.78 is 0. The lowest BCUT2D eigenvalue weighted by atomic mass is 9.71. The van der Waals surface area contributed by atoms with Crippen molar-refractivity contribution in [1.82, 2.24) is 4.98 Å². The standard InChI is InChI=1S/C36H49NOS.CH4.H2/c1-7-10-15-25(14-8-2)18-20-31(26-16-12-11-13-17-26)30(9-3)34(38)33-24-28-22-27-23-29(36(4,5)6)19-21-32(27)37-35(28)39-33;;/h9,11-13,16-17,22,24-25,29,31H,7-8,10,14-15,18-21,23H2,1-6H3;1H4;1H/b30-9-;;/t25?,29-,31?;;/m0../s1. The van der Waals surface area contributed by atoms with Gasteiger partial charge in [-0.1, -0.05) is 111 Å². The summed E-state index contributed by atoms with van der Waals surface area (Å²) in [6.45, 7) is 13.7. The molecule has 0 aliphatic heterocycles. The van der Waals surface area contributed by atoms with Crippen LogP contribution in [-0.4, -0.2) is 10.8 Å². The molecule has 0 fully saturated rings. The maximum Gasteiger partial charge on any atom is 0.199 e. The molecular weight excluding hydrogens is 506 g/mol. The number of aryl methyl sites for hydroxylation is 1. The van der Waals surface area contributed by atoms with E-state index in [0.717, 1.165) is 45.8 Å². The average Bonchev–Trinajstić information content (AvgIpc) is 3.34. The topological polar surface area (TPSA) is 30.0 Å². The van der Waals surface area contributed by atoms with Crippen molar-refractivity contribution in [3.63, 3.8) is 0 Å². The lowest BCUT2D eigenvalue weighted by Crippen LogP contribution is -2.27. The third kappa shape index (κ3) is 7.72. The zero-order valence-corrected chi connectivity index (χ0v) is 26.0. The van der Waals surface area contributed by atoms with Gasteiger partial charge in [-0.05, 0) is 79.5 Å². The predicted octanol–water partition coefficient (Wildman–Crippen LogP) is 11.6. The molecule has 1 aliphatic carbocycles. The van der Waals surface area contributed by atoms with E-state index >= 15 is 0 Å². The highest BCUT2D eigenvalue weighted by Crippen LogP contribution is 2.40. The van der Waals surface area contributed by atoms with E-state index in [2.05, 4.69) is 83.2 Å². The Morgan fingerprint density at radius 2 is 1.82 bits per heavy atom. The molecule has 3 heteroatoms. The molecule has 2 unspecified atom stereocenters. The van der Waals surface area contributed by atoms with Crippen LogP contribution < -0.4 is 0 Å². The molecule has 40 heavy (non-hydrogen) atoms. The third-order valence-electron chi connectivity index (χ3n) is 9.00. The van der Waals surface area contributed by atoms with E-state index in [0.29, 0.717) is 11.3 Å². The zero-order valence-electron chi connectivity index (χ0n) is 25.2. The molecule has 0 radical (unpaired) electrons. The number of nitrogens with zero attached hydrogens (tertiary/aromatic N) is 1. The van der Waals surface area contributed by atoms with Gasteiger partial charge >= 0.3 is 0 Å². The van der Waals surface area contributed by atoms with Crippen molar-refractivity contribution in [1.29, 1.82) is 0 Å². The van der Waals surface area contributed by atoms with Gasteiger partial charge in [0, 0.05) is 24.0 Å². The normalized spacial score (nSPS) is 17.2. The number of hydrogen-bond donors (Lipinski definition) is 0. The minimum absolute atomic E-state index is 0. The van der Waals surface area contributed by atoms with Crippen LogP contribution in [0.15, 0.2) is 54.1 Å². The summed E-state index contributed by atoms with van der Waals surface area (Å²) in [6.07, 6.45) is 14.0. The van der Waals surface area contributed by atoms with Gasteiger partial charge in [-0.3, -0.25) is 4.79 Å². The van der Waals surface area contributed by atoms with Gasteiger partial charge < -0.3 is 0 Å². The van der Waals surface area contributed by atoms with E-state index in [1.165, 1.54) is 61.8 Å². The number of hydrogen-bond acceptors (Lipinski definition) is 3. The molecule has 1 aliphatic rings. The van der Waals surface area contributed by atoms with Crippen LogP contribution in [0.25, 0.3) is 10.2 Å². The molecule has 0 amide bonds. The summed E-state index contributed by atoms with van der Waals surface area (Å²) in [7, 11) is 0. The smallest absolute Gasteiger partial charge is 0.199 e. The van der Waals surface area contributed by atoms with E-state index in [9.17, 15) is 4.79 Å². The molecule has 220 valence electrons. The summed E-state index contributed by atoms with van der Waals surface area (Å²) in [6, 6.07) is 15.1. The van der Waals surface area contributed by atoms with Gasteiger partial charge in [0.2, 0.25) is 0 Å². The number of unbranched alkanes of at least 4 members (excludes halogenated alkanes) is 1. The van der Waals surface area contributed by atoms with E-state index in [1.807, 2.05) is 6.92 Å². The number of aromatic nitrogens is 1. The van der Waals surface area contributed by atoms with E-state index < -0.39 is 0 Å². The van der Waals surface area contributed by atoms with Crippen LogP contribution in [0, 0.1) is 17.3 Å².